The number of aromatic nitrogens is 1. The van der Waals surface area contributed by atoms with Gasteiger partial charge in [-0.25, -0.2) is 22.2 Å². The molecule has 174 valence electrons. The molecule has 0 aliphatic carbocycles. The summed E-state index contributed by atoms with van der Waals surface area (Å²) < 4.78 is 53.4. The zero-order valence-corrected chi connectivity index (χ0v) is 20.3. The normalized spacial score (nSPS) is 11.6. The van der Waals surface area contributed by atoms with Crippen molar-refractivity contribution < 1.29 is 22.0 Å². The Labute approximate surface area is 196 Å². The third-order valence-electron chi connectivity index (χ3n) is 4.61. The molecule has 0 bridgehead atoms. The zero-order chi connectivity index (χ0) is 22.8. The van der Waals surface area contributed by atoms with E-state index in [-0.39, 0.29) is 39.2 Å². The van der Waals surface area contributed by atoms with Crippen molar-refractivity contribution in [2.45, 2.75) is 18.2 Å². The molecule has 1 heterocycles. The van der Waals surface area contributed by atoms with Gasteiger partial charge in [0.15, 0.2) is 20.8 Å². The van der Waals surface area contributed by atoms with Crippen LogP contribution in [0.5, 0.6) is 0 Å². The van der Waals surface area contributed by atoms with Gasteiger partial charge in [-0.2, -0.15) is 0 Å². The largest absolute Gasteiger partial charge is 0.309 e. The SMILES string of the molecule is Cc1ccc(S(=O)(=O)CC(=O)N(CCCN(C)C)c2nc3c(F)cc(F)cc3s2)cc1.Cl. The Kier molecular flexibility index (Phi) is 8.69. The molecule has 0 saturated heterocycles. The van der Waals surface area contributed by atoms with E-state index in [2.05, 4.69) is 4.98 Å². The first-order chi connectivity index (χ1) is 14.6. The molecule has 0 fully saturated rings. The molecule has 0 unspecified atom stereocenters. The topological polar surface area (TPSA) is 70.6 Å². The average Bonchev–Trinajstić information content (AvgIpc) is 3.08. The van der Waals surface area contributed by atoms with E-state index in [1.54, 1.807) is 12.1 Å². The molecule has 11 heteroatoms. The smallest absolute Gasteiger partial charge is 0.244 e. The molecular formula is C21H24ClF2N3O3S2. The lowest BCUT2D eigenvalue weighted by Gasteiger charge is -2.21. The summed E-state index contributed by atoms with van der Waals surface area (Å²) >= 11 is 0.950. The number of hydrogen-bond donors (Lipinski definition) is 0. The first-order valence-corrected chi connectivity index (χ1v) is 12.0. The molecule has 3 rings (SSSR count). The van der Waals surface area contributed by atoms with Gasteiger partial charge in [0.25, 0.3) is 0 Å². The molecule has 0 aliphatic heterocycles. The van der Waals surface area contributed by atoms with E-state index >= 15 is 0 Å². The van der Waals surface area contributed by atoms with Crippen LogP contribution in [-0.2, 0) is 14.6 Å². The summed E-state index contributed by atoms with van der Waals surface area (Å²) in [6.07, 6.45) is 0.552. The van der Waals surface area contributed by atoms with Gasteiger partial charge < -0.3 is 4.90 Å². The van der Waals surface area contributed by atoms with E-state index < -0.39 is 33.1 Å². The number of benzene rings is 2. The summed E-state index contributed by atoms with van der Waals surface area (Å²) in [7, 11) is -0.117. The molecular weight excluding hydrogens is 480 g/mol. The van der Waals surface area contributed by atoms with Crippen molar-refractivity contribution in [3.63, 3.8) is 0 Å². The van der Waals surface area contributed by atoms with Crippen LogP contribution in [0.1, 0.15) is 12.0 Å². The predicted molar refractivity (Wildman–Crippen MR) is 126 cm³/mol. The summed E-state index contributed by atoms with van der Waals surface area (Å²) in [5.41, 5.74) is 0.854. The minimum atomic E-state index is -3.87. The highest BCUT2D eigenvalue weighted by atomic mass is 35.5. The predicted octanol–water partition coefficient (Wildman–Crippen LogP) is 4.06. The number of halogens is 3. The quantitative estimate of drug-likeness (QED) is 0.463. The van der Waals surface area contributed by atoms with Crippen molar-refractivity contribution in [2.24, 2.45) is 0 Å². The van der Waals surface area contributed by atoms with Crippen molar-refractivity contribution in [2.75, 3.05) is 37.8 Å². The highest BCUT2D eigenvalue weighted by Crippen LogP contribution is 2.31. The second-order valence-corrected chi connectivity index (χ2v) is 10.5. The highest BCUT2D eigenvalue weighted by molar-refractivity contribution is 7.92. The maximum atomic E-state index is 14.1. The number of sulfone groups is 1. The third-order valence-corrected chi connectivity index (χ3v) is 7.26. The van der Waals surface area contributed by atoms with Crippen LogP contribution in [0.4, 0.5) is 13.9 Å². The molecule has 0 aliphatic rings. The van der Waals surface area contributed by atoms with Crippen molar-refractivity contribution in [1.82, 2.24) is 9.88 Å². The van der Waals surface area contributed by atoms with Crippen LogP contribution in [0, 0.1) is 18.6 Å². The maximum absolute atomic E-state index is 14.1. The lowest BCUT2D eigenvalue weighted by molar-refractivity contribution is -0.116. The first-order valence-electron chi connectivity index (χ1n) is 9.57. The molecule has 3 aromatic rings. The molecule has 0 spiro atoms. The van der Waals surface area contributed by atoms with E-state index in [0.29, 0.717) is 13.0 Å². The number of aryl methyl sites for hydroxylation is 1. The number of fused-ring (bicyclic) bond motifs is 1. The Morgan fingerprint density at radius 1 is 1.09 bits per heavy atom. The Balaban J connectivity index is 0.00000363. The summed E-state index contributed by atoms with van der Waals surface area (Å²) in [6, 6.07) is 8.12. The van der Waals surface area contributed by atoms with Crippen LogP contribution in [0.3, 0.4) is 0 Å². The van der Waals surface area contributed by atoms with Crippen molar-refractivity contribution in [3.05, 3.63) is 53.6 Å². The number of hydrogen-bond acceptors (Lipinski definition) is 6. The van der Waals surface area contributed by atoms with E-state index in [9.17, 15) is 22.0 Å². The fraction of sp³-hybridized carbons (Fsp3) is 0.333. The van der Waals surface area contributed by atoms with E-state index in [4.69, 9.17) is 0 Å². The fourth-order valence-corrected chi connectivity index (χ4v) is 5.25. The average molecular weight is 504 g/mol. The standard InChI is InChI=1S/C21H23F2N3O3S2.ClH/c1-14-5-7-16(8-6-14)31(28,29)13-19(27)26(10-4-9-25(2)3)21-24-20-17(23)11-15(22)12-18(20)30-21;/h5-8,11-12H,4,9-10,13H2,1-3H3;1H. The number of carbonyl (C=O) groups excluding carboxylic acids is 1. The first kappa shape index (κ1) is 26.1. The van der Waals surface area contributed by atoms with E-state index in [1.165, 1.54) is 17.0 Å². The highest BCUT2D eigenvalue weighted by Gasteiger charge is 2.27. The molecule has 1 aromatic heterocycles. The molecule has 0 saturated carbocycles. The van der Waals surface area contributed by atoms with Gasteiger partial charge in [-0.05, 0) is 52.2 Å². The summed E-state index contributed by atoms with van der Waals surface area (Å²) in [5, 5.41) is 0.141. The van der Waals surface area contributed by atoms with Crippen molar-refractivity contribution in [3.8, 4) is 0 Å². The molecule has 2 aromatic carbocycles. The Morgan fingerprint density at radius 2 is 1.75 bits per heavy atom. The molecule has 0 radical (unpaired) electrons. The summed E-state index contributed by atoms with van der Waals surface area (Å²) in [6.45, 7) is 2.69. The van der Waals surface area contributed by atoms with Crippen LogP contribution in [0.15, 0.2) is 41.3 Å². The second-order valence-electron chi connectivity index (χ2n) is 7.51. The Bertz CT molecular complexity index is 1200. The minimum absolute atomic E-state index is 0. The van der Waals surface area contributed by atoms with Gasteiger partial charge in [0.2, 0.25) is 5.91 Å². The number of thiazole rings is 1. The van der Waals surface area contributed by atoms with Gasteiger partial charge in [-0.3, -0.25) is 9.69 Å². The van der Waals surface area contributed by atoms with Gasteiger partial charge in [-0.1, -0.05) is 29.0 Å². The molecule has 1 amide bonds. The van der Waals surface area contributed by atoms with Crippen molar-refractivity contribution in [1.29, 1.82) is 0 Å². The minimum Gasteiger partial charge on any atom is -0.309 e. The van der Waals surface area contributed by atoms with Crippen LogP contribution < -0.4 is 4.90 Å². The second kappa shape index (κ2) is 10.7. The van der Waals surface area contributed by atoms with Crippen LogP contribution in [0.25, 0.3) is 10.2 Å². The van der Waals surface area contributed by atoms with Gasteiger partial charge in [0.1, 0.15) is 17.1 Å². The van der Waals surface area contributed by atoms with Crippen LogP contribution in [0.2, 0.25) is 0 Å². The molecule has 32 heavy (non-hydrogen) atoms. The number of amides is 1. The van der Waals surface area contributed by atoms with Gasteiger partial charge in [0, 0.05) is 12.6 Å². The number of carbonyl (C=O) groups is 1. The Morgan fingerprint density at radius 3 is 2.38 bits per heavy atom. The lowest BCUT2D eigenvalue weighted by atomic mass is 10.2. The lowest BCUT2D eigenvalue weighted by Crippen LogP contribution is -2.37. The van der Waals surface area contributed by atoms with Gasteiger partial charge in [0.05, 0.1) is 9.60 Å². The Hall–Kier alpha value is -2.14. The summed E-state index contributed by atoms with van der Waals surface area (Å²) in [4.78, 5) is 20.4. The van der Waals surface area contributed by atoms with Crippen LogP contribution >= 0.6 is 23.7 Å². The molecule has 0 N–H and O–H groups in total. The van der Waals surface area contributed by atoms with Gasteiger partial charge >= 0.3 is 0 Å². The molecule has 6 nitrogen and oxygen atoms in total. The van der Waals surface area contributed by atoms with Gasteiger partial charge in [-0.15, -0.1) is 12.4 Å². The monoisotopic (exact) mass is 503 g/mol. The molecule has 0 atom stereocenters. The number of nitrogens with zero attached hydrogens (tertiary/aromatic N) is 3. The number of anilines is 1. The third kappa shape index (κ3) is 6.22. The van der Waals surface area contributed by atoms with E-state index in [0.717, 1.165) is 29.0 Å². The van der Waals surface area contributed by atoms with Crippen molar-refractivity contribution >= 4 is 54.8 Å². The zero-order valence-electron chi connectivity index (χ0n) is 17.8. The number of rotatable bonds is 8. The maximum Gasteiger partial charge on any atom is 0.244 e. The summed E-state index contributed by atoms with van der Waals surface area (Å²) in [5.74, 6) is -2.98. The van der Waals surface area contributed by atoms with E-state index in [1.807, 2.05) is 25.9 Å². The fourth-order valence-electron chi connectivity index (χ4n) is 3.00. The van der Waals surface area contributed by atoms with Crippen LogP contribution in [-0.4, -0.2) is 57.1 Å².